The number of sulfonamides is 1. The number of nitrogens with one attached hydrogen (secondary N) is 1. The fraction of sp³-hybridized carbons (Fsp3) is 0.200. The van der Waals surface area contributed by atoms with Crippen molar-refractivity contribution in [3.63, 3.8) is 0 Å². The minimum atomic E-state index is -3.78. The number of ketones is 1. The predicted molar refractivity (Wildman–Crippen MR) is 128 cm³/mol. The molecule has 1 fully saturated rings. The fourth-order valence-electron chi connectivity index (χ4n) is 3.85. The van der Waals surface area contributed by atoms with Crippen LogP contribution in [0.2, 0.25) is 5.02 Å². The van der Waals surface area contributed by atoms with E-state index in [0.717, 1.165) is 19.3 Å². The number of benzene rings is 3. The number of hydrogen-bond donors (Lipinski definition) is 1. The van der Waals surface area contributed by atoms with Crippen molar-refractivity contribution in [1.29, 1.82) is 0 Å². The van der Waals surface area contributed by atoms with Gasteiger partial charge in [0.05, 0.1) is 10.6 Å². The van der Waals surface area contributed by atoms with Crippen molar-refractivity contribution in [2.24, 2.45) is 0 Å². The summed E-state index contributed by atoms with van der Waals surface area (Å²) >= 11 is 6.22. The number of nitrogens with zero attached hydrogens (tertiary/aromatic N) is 1. The summed E-state index contributed by atoms with van der Waals surface area (Å²) in [4.78, 5) is 26.0. The molecule has 6 nitrogen and oxygen atoms in total. The zero-order valence-electron chi connectivity index (χ0n) is 17.8. The SMILES string of the molecule is O=C(Nc1ccc(Cl)c(S(=O)(=O)N2CCCCC2)c1)c1ccccc1C(=O)c1ccccc1. The number of carbonyl (C=O) groups is 2. The van der Waals surface area contributed by atoms with Crippen LogP contribution < -0.4 is 5.32 Å². The first-order valence-electron chi connectivity index (χ1n) is 10.7. The van der Waals surface area contributed by atoms with Crippen LogP contribution in [0, 0.1) is 0 Å². The number of anilines is 1. The van der Waals surface area contributed by atoms with E-state index < -0.39 is 15.9 Å². The van der Waals surface area contributed by atoms with Crippen LogP contribution in [-0.4, -0.2) is 37.5 Å². The van der Waals surface area contributed by atoms with Crippen molar-refractivity contribution in [2.45, 2.75) is 24.2 Å². The molecule has 0 aliphatic carbocycles. The summed E-state index contributed by atoms with van der Waals surface area (Å²) in [5.74, 6) is -0.788. The molecule has 0 atom stereocenters. The van der Waals surface area contributed by atoms with Crippen molar-refractivity contribution in [3.05, 3.63) is 94.5 Å². The number of hydrogen-bond acceptors (Lipinski definition) is 4. The average molecular weight is 483 g/mol. The fourth-order valence-corrected chi connectivity index (χ4v) is 5.86. The minimum Gasteiger partial charge on any atom is -0.322 e. The van der Waals surface area contributed by atoms with Gasteiger partial charge in [-0.05, 0) is 37.1 Å². The molecule has 1 saturated heterocycles. The molecule has 0 saturated carbocycles. The lowest BCUT2D eigenvalue weighted by atomic mass is 9.98. The maximum Gasteiger partial charge on any atom is 0.256 e. The summed E-state index contributed by atoms with van der Waals surface area (Å²) in [6.07, 6.45) is 2.61. The molecule has 1 amide bonds. The molecular formula is C25H23ClN2O4S. The van der Waals surface area contributed by atoms with Gasteiger partial charge in [0.2, 0.25) is 10.0 Å². The first-order chi connectivity index (χ1) is 15.9. The molecule has 1 N–H and O–H groups in total. The van der Waals surface area contributed by atoms with Crippen LogP contribution in [-0.2, 0) is 10.0 Å². The molecule has 170 valence electrons. The lowest BCUT2D eigenvalue weighted by Crippen LogP contribution is -2.35. The van der Waals surface area contributed by atoms with Crippen LogP contribution in [0.4, 0.5) is 5.69 Å². The summed E-state index contributed by atoms with van der Waals surface area (Å²) in [5.41, 5.74) is 1.21. The molecule has 1 aliphatic heterocycles. The molecule has 1 heterocycles. The van der Waals surface area contributed by atoms with Gasteiger partial charge in [0.15, 0.2) is 5.78 Å². The maximum absolute atomic E-state index is 13.1. The number of piperidine rings is 1. The van der Waals surface area contributed by atoms with Crippen molar-refractivity contribution < 1.29 is 18.0 Å². The van der Waals surface area contributed by atoms with E-state index >= 15 is 0 Å². The first-order valence-corrected chi connectivity index (χ1v) is 12.5. The third-order valence-corrected chi connectivity index (χ3v) is 7.95. The zero-order valence-corrected chi connectivity index (χ0v) is 19.4. The Labute approximate surface area is 198 Å². The van der Waals surface area contributed by atoms with Crippen LogP contribution in [0.5, 0.6) is 0 Å². The van der Waals surface area contributed by atoms with Gasteiger partial charge in [-0.25, -0.2) is 8.42 Å². The molecule has 0 unspecified atom stereocenters. The second-order valence-corrected chi connectivity index (χ2v) is 10.1. The Morgan fingerprint density at radius 1 is 0.818 bits per heavy atom. The molecular weight excluding hydrogens is 460 g/mol. The average Bonchev–Trinajstić information content (AvgIpc) is 2.85. The molecule has 1 aliphatic rings. The molecule has 3 aromatic rings. The van der Waals surface area contributed by atoms with Crippen molar-refractivity contribution in [1.82, 2.24) is 4.31 Å². The summed E-state index contributed by atoms with van der Waals surface area (Å²) in [6, 6.07) is 19.6. The molecule has 0 radical (unpaired) electrons. The highest BCUT2D eigenvalue weighted by Gasteiger charge is 2.28. The number of carbonyl (C=O) groups excluding carboxylic acids is 2. The highest BCUT2D eigenvalue weighted by Crippen LogP contribution is 2.30. The van der Waals surface area contributed by atoms with Crippen LogP contribution in [0.1, 0.15) is 45.5 Å². The second kappa shape index (κ2) is 9.87. The summed E-state index contributed by atoms with van der Waals surface area (Å²) < 4.78 is 27.6. The lowest BCUT2D eigenvalue weighted by molar-refractivity contribution is 0.0996. The monoisotopic (exact) mass is 482 g/mol. The molecule has 0 spiro atoms. The number of amides is 1. The highest BCUT2D eigenvalue weighted by atomic mass is 35.5. The van der Waals surface area contributed by atoms with Gasteiger partial charge in [0.1, 0.15) is 4.90 Å². The molecule has 0 bridgehead atoms. The van der Waals surface area contributed by atoms with Gasteiger partial charge < -0.3 is 5.32 Å². The third-order valence-electron chi connectivity index (χ3n) is 5.57. The Kier molecular flexibility index (Phi) is 6.93. The van der Waals surface area contributed by atoms with E-state index in [1.807, 2.05) is 6.07 Å². The van der Waals surface area contributed by atoms with E-state index in [0.29, 0.717) is 18.7 Å². The maximum atomic E-state index is 13.1. The Balaban J connectivity index is 1.62. The van der Waals surface area contributed by atoms with Crippen molar-refractivity contribution in [3.8, 4) is 0 Å². The van der Waals surface area contributed by atoms with Crippen LogP contribution >= 0.6 is 11.6 Å². The standard InChI is InChI=1S/C25H23ClN2O4S/c26-22-14-13-19(17-23(22)33(31,32)28-15-7-2-8-16-28)27-25(30)21-12-6-5-11-20(21)24(29)18-9-3-1-4-10-18/h1,3-6,9-14,17H,2,7-8,15-16H2,(H,27,30). The van der Waals surface area contributed by atoms with E-state index in [1.165, 1.54) is 22.5 Å². The Morgan fingerprint density at radius 2 is 1.45 bits per heavy atom. The molecule has 8 heteroatoms. The zero-order chi connectivity index (χ0) is 23.4. The van der Waals surface area contributed by atoms with E-state index in [1.54, 1.807) is 48.5 Å². The molecule has 3 aromatic carbocycles. The van der Waals surface area contributed by atoms with Crippen LogP contribution in [0.15, 0.2) is 77.7 Å². The van der Waals surface area contributed by atoms with E-state index in [2.05, 4.69) is 5.32 Å². The first kappa shape index (κ1) is 23.2. The molecule has 0 aromatic heterocycles. The molecule has 4 rings (SSSR count). The van der Waals surface area contributed by atoms with E-state index in [4.69, 9.17) is 11.6 Å². The van der Waals surface area contributed by atoms with Crippen LogP contribution in [0.3, 0.4) is 0 Å². The van der Waals surface area contributed by atoms with Gasteiger partial charge >= 0.3 is 0 Å². The van der Waals surface area contributed by atoms with E-state index in [9.17, 15) is 18.0 Å². The van der Waals surface area contributed by atoms with Gasteiger partial charge in [-0.2, -0.15) is 4.31 Å². The lowest BCUT2D eigenvalue weighted by Gasteiger charge is -2.26. The Morgan fingerprint density at radius 3 is 2.15 bits per heavy atom. The summed E-state index contributed by atoms with van der Waals surface area (Å²) in [6.45, 7) is 0.897. The van der Waals surface area contributed by atoms with Gasteiger partial charge in [-0.3, -0.25) is 9.59 Å². The second-order valence-electron chi connectivity index (χ2n) is 7.80. The van der Waals surface area contributed by atoms with Crippen molar-refractivity contribution >= 4 is 39.0 Å². The minimum absolute atomic E-state index is 0.0440. The van der Waals surface area contributed by atoms with Gasteiger partial charge in [0, 0.05) is 29.9 Å². The number of halogens is 1. The quantitative estimate of drug-likeness (QED) is 0.501. The highest BCUT2D eigenvalue weighted by molar-refractivity contribution is 7.89. The normalized spacial score (nSPS) is 14.6. The smallest absolute Gasteiger partial charge is 0.256 e. The van der Waals surface area contributed by atoms with Gasteiger partial charge in [0.25, 0.3) is 5.91 Å². The topological polar surface area (TPSA) is 83.6 Å². The Hall–Kier alpha value is -3.00. The third kappa shape index (κ3) is 5.00. The Bertz CT molecular complexity index is 1290. The predicted octanol–water partition coefficient (Wildman–Crippen LogP) is 5.00. The van der Waals surface area contributed by atoms with Gasteiger partial charge in [-0.1, -0.05) is 66.6 Å². The summed E-state index contributed by atoms with van der Waals surface area (Å²) in [5, 5.41) is 2.81. The van der Waals surface area contributed by atoms with Gasteiger partial charge in [-0.15, -0.1) is 0 Å². The van der Waals surface area contributed by atoms with Crippen LogP contribution in [0.25, 0.3) is 0 Å². The molecule has 33 heavy (non-hydrogen) atoms. The summed E-state index contributed by atoms with van der Waals surface area (Å²) in [7, 11) is -3.78. The van der Waals surface area contributed by atoms with Crippen molar-refractivity contribution in [2.75, 3.05) is 18.4 Å². The van der Waals surface area contributed by atoms with E-state index in [-0.39, 0.29) is 32.5 Å². The number of rotatable bonds is 6. The largest absolute Gasteiger partial charge is 0.322 e.